The Labute approximate surface area is 169 Å². The average molecular weight is 432 g/mol. The molecule has 0 saturated heterocycles. The van der Waals surface area contributed by atoms with E-state index in [1.54, 1.807) is 0 Å². The first kappa shape index (κ1) is 22.9. The number of alkyl halides is 3. The third-order valence-corrected chi connectivity index (χ3v) is 4.72. The molecular weight excluding hydrogens is 409 g/mol. The average Bonchev–Trinajstić information content (AvgIpc) is 2.97. The van der Waals surface area contributed by atoms with E-state index in [1.165, 1.54) is 12.1 Å². The van der Waals surface area contributed by atoms with Crippen LogP contribution in [0.1, 0.15) is 33.1 Å². The summed E-state index contributed by atoms with van der Waals surface area (Å²) in [6.07, 6.45) is -3.62. The Morgan fingerprint density at radius 2 is 2.03 bits per heavy atom. The summed E-state index contributed by atoms with van der Waals surface area (Å²) in [5, 5.41) is 5.57. The molecule has 11 heteroatoms. The number of aromatic nitrogens is 1. The zero-order valence-electron chi connectivity index (χ0n) is 16.0. The molecule has 160 valence electrons. The molecule has 0 radical (unpaired) electrons. The zero-order valence-corrected chi connectivity index (χ0v) is 16.8. The number of halogens is 3. The van der Waals surface area contributed by atoms with Gasteiger partial charge in [0.15, 0.2) is 5.13 Å². The van der Waals surface area contributed by atoms with Crippen LogP contribution in [0.5, 0.6) is 5.75 Å². The normalized spacial score (nSPS) is 12.8. The summed E-state index contributed by atoms with van der Waals surface area (Å²) < 4.78 is 41.2. The van der Waals surface area contributed by atoms with Gasteiger partial charge in [-0.15, -0.1) is 13.2 Å². The number of nitrogens with one attached hydrogen (secondary N) is 2. The first-order chi connectivity index (χ1) is 13.5. The minimum absolute atomic E-state index is 0.151. The lowest BCUT2D eigenvalue weighted by molar-refractivity contribution is -0.274. The lowest BCUT2D eigenvalue weighted by Gasteiger charge is -2.13. The molecule has 29 heavy (non-hydrogen) atoms. The van der Waals surface area contributed by atoms with E-state index in [9.17, 15) is 22.8 Å². The molecular formula is C18H23F3N4O3S. The second-order valence-electron chi connectivity index (χ2n) is 6.88. The van der Waals surface area contributed by atoms with Crippen molar-refractivity contribution in [1.82, 2.24) is 10.3 Å². The number of fused-ring (bicyclic) bond motifs is 1. The van der Waals surface area contributed by atoms with Crippen LogP contribution in [0.2, 0.25) is 0 Å². The van der Waals surface area contributed by atoms with E-state index in [1.807, 2.05) is 13.8 Å². The summed E-state index contributed by atoms with van der Waals surface area (Å²) in [5.41, 5.74) is 6.22. The van der Waals surface area contributed by atoms with Crippen LogP contribution in [-0.2, 0) is 9.59 Å². The molecule has 2 rings (SSSR count). The summed E-state index contributed by atoms with van der Waals surface area (Å²) in [4.78, 5) is 28.0. The maximum absolute atomic E-state index is 12.3. The van der Waals surface area contributed by atoms with Gasteiger partial charge in [0.1, 0.15) is 5.75 Å². The fourth-order valence-electron chi connectivity index (χ4n) is 2.54. The number of thiazole rings is 1. The Balaban J connectivity index is 1.80. The van der Waals surface area contributed by atoms with Crippen molar-refractivity contribution in [3.05, 3.63) is 18.2 Å². The molecule has 2 aromatic rings. The van der Waals surface area contributed by atoms with Crippen molar-refractivity contribution >= 4 is 38.5 Å². The van der Waals surface area contributed by atoms with Crippen LogP contribution in [0.25, 0.3) is 10.2 Å². The van der Waals surface area contributed by atoms with Gasteiger partial charge in [-0.05, 0) is 30.9 Å². The van der Waals surface area contributed by atoms with E-state index in [2.05, 4.69) is 20.4 Å². The Morgan fingerprint density at radius 3 is 2.69 bits per heavy atom. The molecule has 0 aliphatic heterocycles. The molecule has 0 spiro atoms. The fraction of sp³-hybridized carbons (Fsp3) is 0.500. The minimum atomic E-state index is -4.77. The second kappa shape index (κ2) is 9.88. The van der Waals surface area contributed by atoms with Gasteiger partial charge in [-0.3, -0.25) is 9.59 Å². The van der Waals surface area contributed by atoms with Crippen molar-refractivity contribution < 1.29 is 27.5 Å². The van der Waals surface area contributed by atoms with E-state index < -0.39 is 12.4 Å². The van der Waals surface area contributed by atoms with Crippen LogP contribution in [0.4, 0.5) is 18.3 Å². The monoisotopic (exact) mass is 432 g/mol. The first-order valence-corrected chi connectivity index (χ1v) is 9.84. The topological polar surface area (TPSA) is 106 Å². The number of hydrogen-bond donors (Lipinski definition) is 3. The lowest BCUT2D eigenvalue weighted by atomic mass is 10.0. The Hall–Kier alpha value is -2.40. The number of carbonyl (C=O) groups is 2. The summed E-state index contributed by atoms with van der Waals surface area (Å²) in [7, 11) is 0. The van der Waals surface area contributed by atoms with Crippen LogP contribution in [0, 0.1) is 5.92 Å². The number of carbonyl (C=O) groups excluding carboxylic acids is 2. The highest BCUT2D eigenvalue weighted by molar-refractivity contribution is 7.22. The zero-order chi connectivity index (χ0) is 21.6. The number of nitrogens with zero attached hydrogens (tertiary/aromatic N) is 1. The van der Waals surface area contributed by atoms with Crippen molar-refractivity contribution in [2.75, 3.05) is 11.9 Å². The number of rotatable bonds is 9. The fourth-order valence-corrected chi connectivity index (χ4v) is 3.45. The molecule has 4 N–H and O–H groups in total. The molecule has 0 fully saturated rings. The highest BCUT2D eigenvalue weighted by Gasteiger charge is 2.31. The van der Waals surface area contributed by atoms with Gasteiger partial charge in [0.2, 0.25) is 11.8 Å². The molecule has 7 nitrogen and oxygen atoms in total. The van der Waals surface area contributed by atoms with Gasteiger partial charge in [0, 0.05) is 19.0 Å². The van der Waals surface area contributed by atoms with Crippen LogP contribution in [-0.4, -0.2) is 35.7 Å². The number of amides is 2. The minimum Gasteiger partial charge on any atom is -0.406 e. The number of benzene rings is 1. The van der Waals surface area contributed by atoms with Crippen molar-refractivity contribution in [3.63, 3.8) is 0 Å². The maximum Gasteiger partial charge on any atom is 0.573 e. The molecule has 0 unspecified atom stereocenters. The first-order valence-electron chi connectivity index (χ1n) is 9.03. The van der Waals surface area contributed by atoms with E-state index in [0.29, 0.717) is 35.5 Å². The van der Waals surface area contributed by atoms with Crippen LogP contribution < -0.4 is 21.1 Å². The molecule has 0 saturated carbocycles. The van der Waals surface area contributed by atoms with Crippen LogP contribution >= 0.6 is 11.3 Å². The van der Waals surface area contributed by atoms with E-state index >= 15 is 0 Å². The van der Waals surface area contributed by atoms with Crippen molar-refractivity contribution in [3.8, 4) is 5.75 Å². The smallest absolute Gasteiger partial charge is 0.406 e. The molecule has 1 atom stereocenters. The number of anilines is 1. The molecule has 0 aliphatic rings. The second-order valence-corrected chi connectivity index (χ2v) is 7.91. The lowest BCUT2D eigenvalue weighted by Crippen LogP contribution is -2.41. The standard InChI is InChI=1S/C18H23F3N4O3S/c1-10(2)8-12(22)16(27)23-7-3-4-15(26)25-17-24-13-6-5-11(9-14(13)29-17)28-18(19,20)21/h5-6,9-10,12H,3-4,7-8,22H2,1-2H3,(H,23,27)(H,24,25,26)/t12-/m0/s1. The highest BCUT2D eigenvalue weighted by atomic mass is 32.1. The van der Waals surface area contributed by atoms with Gasteiger partial charge in [0.05, 0.1) is 16.3 Å². The molecule has 1 aromatic carbocycles. The maximum atomic E-state index is 12.3. The van der Waals surface area contributed by atoms with Gasteiger partial charge in [-0.1, -0.05) is 25.2 Å². The predicted molar refractivity (Wildman–Crippen MR) is 105 cm³/mol. The third-order valence-electron chi connectivity index (χ3n) is 3.78. The van der Waals surface area contributed by atoms with E-state index in [0.717, 1.165) is 17.4 Å². The highest BCUT2D eigenvalue weighted by Crippen LogP contribution is 2.31. The third kappa shape index (κ3) is 7.86. The molecule has 1 aromatic heterocycles. The summed E-state index contributed by atoms with van der Waals surface area (Å²) in [6.45, 7) is 4.27. The predicted octanol–water partition coefficient (Wildman–Crippen LogP) is 3.40. The Kier molecular flexibility index (Phi) is 7.80. The molecule has 2 amide bonds. The largest absolute Gasteiger partial charge is 0.573 e. The van der Waals surface area contributed by atoms with Gasteiger partial charge in [0.25, 0.3) is 0 Å². The van der Waals surface area contributed by atoms with Crippen molar-refractivity contribution in [2.45, 2.75) is 45.5 Å². The van der Waals surface area contributed by atoms with Crippen LogP contribution in [0.3, 0.4) is 0 Å². The SMILES string of the molecule is CC(C)C[C@H](N)C(=O)NCCCC(=O)Nc1nc2ccc(OC(F)(F)F)cc2s1. The summed E-state index contributed by atoms with van der Waals surface area (Å²) in [5.74, 6) is -0.594. The molecule has 1 heterocycles. The van der Waals surface area contributed by atoms with Gasteiger partial charge >= 0.3 is 6.36 Å². The summed E-state index contributed by atoms with van der Waals surface area (Å²) in [6, 6.07) is 3.19. The van der Waals surface area contributed by atoms with Crippen molar-refractivity contribution in [2.24, 2.45) is 11.7 Å². The quantitative estimate of drug-likeness (QED) is 0.527. The van der Waals surface area contributed by atoms with Gasteiger partial charge in [-0.25, -0.2) is 4.98 Å². The van der Waals surface area contributed by atoms with Crippen molar-refractivity contribution in [1.29, 1.82) is 0 Å². The molecule has 0 aliphatic carbocycles. The Morgan fingerprint density at radius 1 is 1.31 bits per heavy atom. The van der Waals surface area contributed by atoms with Crippen LogP contribution in [0.15, 0.2) is 18.2 Å². The molecule has 0 bridgehead atoms. The Bertz CT molecular complexity index is 854. The number of nitrogens with two attached hydrogens (primary N) is 1. The van der Waals surface area contributed by atoms with Gasteiger partial charge in [-0.2, -0.15) is 0 Å². The van der Waals surface area contributed by atoms with E-state index in [-0.39, 0.29) is 29.1 Å². The van der Waals surface area contributed by atoms with E-state index in [4.69, 9.17) is 5.73 Å². The number of hydrogen-bond acceptors (Lipinski definition) is 6. The van der Waals surface area contributed by atoms with Gasteiger partial charge < -0.3 is 21.1 Å². The number of ether oxygens (including phenoxy) is 1. The summed E-state index contributed by atoms with van der Waals surface area (Å²) >= 11 is 1.04.